The van der Waals surface area contributed by atoms with Crippen LogP contribution in [-0.4, -0.2) is 33.6 Å². The molecule has 0 aromatic rings. The fraction of sp³-hybridized carbons (Fsp3) is 1.00. The molecule has 0 bridgehead atoms. The van der Waals surface area contributed by atoms with Crippen molar-refractivity contribution in [3.8, 4) is 0 Å². The Bertz CT molecular complexity index is 550. The summed E-state index contributed by atoms with van der Waals surface area (Å²) in [6.07, 6.45) is 8.64. The van der Waals surface area contributed by atoms with Gasteiger partial charge in [0.15, 0.2) is 0 Å². The molecule has 0 saturated heterocycles. The fourth-order valence-corrected chi connectivity index (χ4v) is 8.79. The van der Waals surface area contributed by atoms with Crippen molar-refractivity contribution in [2.24, 2.45) is 46.3 Å². The molecule has 27 heavy (non-hydrogen) atoms. The lowest BCUT2D eigenvalue weighted by Gasteiger charge is -2.63. The first-order chi connectivity index (χ1) is 12.7. The second kappa shape index (κ2) is 6.99. The van der Waals surface area contributed by atoms with Gasteiger partial charge >= 0.3 is 0 Å². The smallest absolute Gasteiger partial charge is 0.0602 e. The van der Waals surface area contributed by atoms with E-state index < -0.39 is 0 Å². The Morgan fingerprint density at radius 3 is 2.41 bits per heavy atom. The summed E-state index contributed by atoms with van der Waals surface area (Å²) in [6, 6.07) is 0. The Morgan fingerprint density at radius 2 is 1.70 bits per heavy atom. The monoisotopic (exact) mass is 378 g/mol. The first-order valence-electron chi connectivity index (χ1n) is 11.8. The maximum absolute atomic E-state index is 11.5. The Hall–Kier alpha value is -0.120. The van der Waals surface area contributed by atoms with E-state index in [9.17, 15) is 15.3 Å². The zero-order valence-corrected chi connectivity index (χ0v) is 17.9. The van der Waals surface area contributed by atoms with Crippen LogP contribution in [0.4, 0.5) is 0 Å². The summed E-state index contributed by atoms with van der Waals surface area (Å²) in [5, 5.41) is 32.9. The second-order valence-electron chi connectivity index (χ2n) is 11.3. The van der Waals surface area contributed by atoms with Gasteiger partial charge in [0.25, 0.3) is 0 Å². The van der Waals surface area contributed by atoms with Crippen molar-refractivity contribution in [3.63, 3.8) is 0 Å². The summed E-state index contributed by atoms with van der Waals surface area (Å²) in [5.41, 5.74) is 0.146. The summed E-state index contributed by atoms with van der Waals surface area (Å²) in [4.78, 5) is 0. The number of aliphatic hydroxyl groups is 3. The van der Waals surface area contributed by atoms with Crippen LogP contribution in [0.3, 0.4) is 0 Å². The average molecular weight is 379 g/mol. The van der Waals surface area contributed by atoms with E-state index in [4.69, 9.17) is 0 Å². The molecule has 5 unspecified atom stereocenters. The zero-order chi connectivity index (χ0) is 19.6. The van der Waals surface area contributed by atoms with Gasteiger partial charge in [0.2, 0.25) is 0 Å². The molecule has 3 nitrogen and oxygen atoms in total. The van der Waals surface area contributed by atoms with Crippen LogP contribution in [0.15, 0.2) is 0 Å². The largest absolute Gasteiger partial charge is 0.393 e. The highest BCUT2D eigenvalue weighted by Crippen LogP contribution is 2.68. The summed E-state index contributed by atoms with van der Waals surface area (Å²) in [5.74, 6) is 2.86. The quantitative estimate of drug-likeness (QED) is 0.683. The standard InChI is InChI=1S/C24H42O3/c1-5-6-14(2)17-7-8-18-22-19(13-21(27)24(17,18)4)23(3)10-9-16(25)11-15(23)12-20(22)26/h14-22,25-27H,5-13H2,1-4H3/t14?,15?,16-,17+,18?,19?,20-,21+,22?,23-,24+/m0/s1. The lowest BCUT2D eigenvalue weighted by atomic mass is 9.43. The highest BCUT2D eigenvalue weighted by molar-refractivity contribution is 5.14. The van der Waals surface area contributed by atoms with Crippen molar-refractivity contribution in [1.82, 2.24) is 0 Å². The number of aliphatic hydroxyl groups excluding tert-OH is 3. The summed E-state index contributed by atoms with van der Waals surface area (Å²) < 4.78 is 0. The molecule has 4 fully saturated rings. The van der Waals surface area contributed by atoms with E-state index in [1.165, 1.54) is 25.7 Å². The molecular formula is C24H42O3. The lowest BCUT2D eigenvalue weighted by molar-refractivity contribution is -0.207. The Labute approximate surface area is 165 Å². The van der Waals surface area contributed by atoms with Crippen molar-refractivity contribution in [2.75, 3.05) is 0 Å². The van der Waals surface area contributed by atoms with Gasteiger partial charge in [-0.3, -0.25) is 0 Å². The van der Waals surface area contributed by atoms with Crippen LogP contribution in [-0.2, 0) is 0 Å². The molecule has 0 aromatic heterocycles. The molecular weight excluding hydrogens is 336 g/mol. The molecule has 0 heterocycles. The third kappa shape index (κ3) is 2.86. The summed E-state index contributed by atoms with van der Waals surface area (Å²) in [6.45, 7) is 9.42. The van der Waals surface area contributed by atoms with Gasteiger partial charge in [-0.05, 0) is 91.3 Å². The third-order valence-electron chi connectivity index (χ3n) is 10.3. The van der Waals surface area contributed by atoms with E-state index in [2.05, 4.69) is 27.7 Å². The highest BCUT2D eigenvalue weighted by atomic mass is 16.3. The highest BCUT2D eigenvalue weighted by Gasteiger charge is 2.65. The maximum atomic E-state index is 11.5. The molecule has 3 heteroatoms. The van der Waals surface area contributed by atoms with Crippen molar-refractivity contribution in [1.29, 1.82) is 0 Å². The zero-order valence-electron chi connectivity index (χ0n) is 17.9. The molecule has 0 spiro atoms. The van der Waals surface area contributed by atoms with Crippen molar-refractivity contribution in [3.05, 3.63) is 0 Å². The SMILES string of the molecule is CCCC(C)[C@H]1CCC2C3C(C[C@@H](O)[C@@]21C)[C@@]1(C)CC[C@H](O)CC1C[C@@H]3O. The minimum Gasteiger partial charge on any atom is -0.393 e. The first-order valence-corrected chi connectivity index (χ1v) is 11.8. The number of rotatable bonds is 3. The van der Waals surface area contributed by atoms with Crippen LogP contribution in [0.25, 0.3) is 0 Å². The average Bonchev–Trinajstić information content (AvgIpc) is 2.96. The molecule has 4 saturated carbocycles. The molecule has 0 radical (unpaired) electrons. The minimum absolute atomic E-state index is 0.0336. The van der Waals surface area contributed by atoms with Crippen molar-refractivity contribution >= 4 is 0 Å². The minimum atomic E-state index is -0.254. The molecule has 3 N–H and O–H groups in total. The topological polar surface area (TPSA) is 60.7 Å². The van der Waals surface area contributed by atoms with Crippen LogP contribution >= 0.6 is 0 Å². The van der Waals surface area contributed by atoms with Crippen molar-refractivity contribution in [2.45, 2.75) is 104 Å². The third-order valence-corrected chi connectivity index (χ3v) is 10.3. The number of hydrogen-bond donors (Lipinski definition) is 3. The van der Waals surface area contributed by atoms with E-state index in [0.717, 1.165) is 32.1 Å². The molecule has 0 amide bonds. The van der Waals surface area contributed by atoms with E-state index in [-0.39, 0.29) is 29.1 Å². The van der Waals surface area contributed by atoms with Crippen LogP contribution in [0.1, 0.15) is 85.5 Å². The predicted molar refractivity (Wildman–Crippen MR) is 108 cm³/mol. The molecule has 4 aliphatic rings. The van der Waals surface area contributed by atoms with Gasteiger partial charge in [0.1, 0.15) is 0 Å². The number of fused-ring (bicyclic) bond motifs is 5. The molecule has 156 valence electrons. The van der Waals surface area contributed by atoms with Crippen LogP contribution < -0.4 is 0 Å². The van der Waals surface area contributed by atoms with E-state index in [0.29, 0.717) is 35.5 Å². The van der Waals surface area contributed by atoms with Gasteiger partial charge in [-0.25, -0.2) is 0 Å². The molecule has 4 aliphatic carbocycles. The van der Waals surface area contributed by atoms with Gasteiger partial charge in [0, 0.05) is 0 Å². The predicted octanol–water partition coefficient (Wildman–Crippen LogP) is 4.38. The molecule has 0 aromatic carbocycles. The Balaban J connectivity index is 1.66. The first kappa shape index (κ1) is 20.2. The molecule has 11 atom stereocenters. The van der Waals surface area contributed by atoms with Gasteiger partial charge in [-0.1, -0.05) is 40.5 Å². The Kier molecular flexibility index (Phi) is 5.22. The van der Waals surface area contributed by atoms with Crippen LogP contribution in [0, 0.1) is 46.3 Å². The van der Waals surface area contributed by atoms with Gasteiger partial charge in [-0.15, -0.1) is 0 Å². The van der Waals surface area contributed by atoms with Crippen LogP contribution in [0.2, 0.25) is 0 Å². The maximum Gasteiger partial charge on any atom is 0.0602 e. The molecule has 4 rings (SSSR count). The molecule has 0 aliphatic heterocycles. The lowest BCUT2D eigenvalue weighted by Crippen LogP contribution is -2.62. The normalized spacial score (nSPS) is 56.1. The van der Waals surface area contributed by atoms with Crippen LogP contribution in [0.5, 0.6) is 0 Å². The van der Waals surface area contributed by atoms with E-state index >= 15 is 0 Å². The van der Waals surface area contributed by atoms with Gasteiger partial charge in [0.05, 0.1) is 18.3 Å². The van der Waals surface area contributed by atoms with Crippen molar-refractivity contribution < 1.29 is 15.3 Å². The Morgan fingerprint density at radius 1 is 0.963 bits per heavy atom. The van der Waals surface area contributed by atoms with Gasteiger partial charge < -0.3 is 15.3 Å². The van der Waals surface area contributed by atoms with E-state index in [1.54, 1.807) is 0 Å². The summed E-state index contributed by atoms with van der Waals surface area (Å²) >= 11 is 0. The van der Waals surface area contributed by atoms with E-state index in [1.807, 2.05) is 0 Å². The second-order valence-corrected chi connectivity index (χ2v) is 11.3. The van der Waals surface area contributed by atoms with Gasteiger partial charge in [-0.2, -0.15) is 0 Å². The summed E-state index contributed by atoms with van der Waals surface area (Å²) in [7, 11) is 0. The fourth-order valence-electron chi connectivity index (χ4n) is 8.79. The number of hydrogen-bond acceptors (Lipinski definition) is 3.